The Balaban J connectivity index is 1.34. The van der Waals surface area contributed by atoms with Crippen molar-refractivity contribution in [3.8, 4) is 5.75 Å². The fraction of sp³-hybridized carbons (Fsp3) is 0.417. The number of carbonyl (C=O) groups excluding carboxylic acids is 1. The van der Waals surface area contributed by atoms with Gasteiger partial charge in [-0.25, -0.2) is 0 Å². The standard InChI is InChI=1S/C24H30N4O2/c25-15-24(10-1-2-11-24)19-6-3-16(4-7-19)23(29)28-12-9-18-14-30-21-8-5-17(22(26)27)13-20(18)21/h3-8,13,18H,1-2,9-12,14-15,25H2,(H3,26,27)(H,28,29). The Bertz CT molecular complexity index is 933. The van der Waals surface area contributed by atoms with E-state index < -0.39 is 0 Å². The highest BCUT2D eigenvalue weighted by atomic mass is 16.5. The van der Waals surface area contributed by atoms with E-state index in [0.29, 0.717) is 30.8 Å². The Morgan fingerprint density at radius 2 is 1.83 bits per heavy atom. The molecule has 1 heterocycles. The number of amidine groups is 1. The lowest BCUT2D eigenvalue weighted by atomic mass is 9.79. The van der Waals surface area contributed by atoms with Gasteiger partial charge in [-0.05, 0) is 55.2 Å². The number of ether oxygens (including phenoxy) is 1. The third-order valence-electron chi connectivity index (χ3n) is 6.69. The first-order valence-corrected chi connectivity index (χ1v) is 10.7. The number of amides is 1. The zero-order valence-corrected chi connectivity index (χ0v) is 17.2. The average Bonchev–Trinajstić information content (AvgIpc) is 3.41. The van der Waals surface area contributed by atoms with Crippen molar-refractivity contribution in [2.45, 2.75) is 43.4 Å². The van der Waals surface area contributed by atoms with E-state index in [0.717, 1.165) is 30.6 Å². The van der Waals surface area contributed by atoms with E-state index in [4.69, 9.17) is 21.6 Å². The first-order chi connectivity index (χ1) is 14.5. The zero-order chi connectivity index (χ0) is 21.1. The van der Waals surface area contributed by atoms with Gasteiger partial charge in [0, 0.05) is 41.1 Å². The molecule has 158 valence electrons. The molecular weight excluding hydrogens is 376 g/mol. The molecule has 1 fully saturated rings. The minimum Gasteiger partial charge on any atom is -0.493 e. The van der Waals surface area contributed by atoms with Crippen LogP contribution >= 0.6 is 0 Å². The predicted octanol–water partition coefficient (Wildman–Crippen LogP) is 3.04. The number of fused-ring (bicyclic) bond motifs is 1. The summed E-state index contributed by atoms with van der Waals surface area (Å²) in [6.07, 6.45) is 5.48. The summed E-state index contributed by atoms with van der Waals surface area (Å²) in [4.78, 5) is 12.6. The Labute approximate surface area is 177 Å². The van der Waals surface area contributed by atoms with Crippen molar-refractivity contribution in [1.29, 1.82) is 5.41 Å². The van der Waals surface area contributed by atoms with Crippen LogP contribution in [0.3, 0.4) is 0 Å². The summed E-state index contributed by atoms with van der Waals surface area (Å²) in [5.41, 5.74) is 15.4. The van der Waals surface area contributed by atoms with Gasteiger partial charge < -0.3 is 21.5 Å². The molecule has 6 N–H and O–H groups in total. The first-order valence-electron chi connectivity index (χ1n) is 10.7. The van der Waals surface area contributed by atoms with Gasteiger partial charge in [-0.15, -0.1) is 0 Å². The highest BCUT2D eigenvalue weighted by molar-refractivity contribution is 5.95. The van der Waals surface area contributed by atoms with Crippen LogP contribution < -0.4 is 21.5 Å². The minimum atomic E-state index is -0.0635. The molecule has 1 aliphatic carbocycles. The van der Waals surface area contributed by atoms with Crippen LogP contribution in [0.25, 0.3) is 0 Å². The van der Waals surface area contributed by atoms with Crippen LogP contribution in [-0.4, -0.2) is 31.4 Å². The van der Waals surface area contributed by atoms with Crippen LogP contribution in [0.15, 0.2) is 42.5 Å². The quantitative estimate of drug-likeness (QED) is 0.418. The predicted molar refractivity (Wildman–Crippen MR) is 118 cm³/mol. The highest BCUT2D eigenvalue weighted by Crippen LogP contribution is 2.40. The van der Waals surface area contributed by atoms with Gasteiger partial charge in [0.15, 0.2) is 0 Å². The molecule has 4 rings (SSSR count). The van der Waals surface area contributed by atoms with Gasteiger partial charge in [-0.3, -0.25) is 10.2 Å². The van der Waals surface area contributed by atoms with E-state index in [-0.39, 0.29) is 23.1 Å². The van der Waals surface area contributed by atoms with Gasteiger partial charge in [0.25, 0.3) is 5.91 Å². The van der Waals surface area contributed by atoms with Gasteiger partial charge >= 0.3 is 0 Å². The van der Waals surface area contributed by atoms with E-state index in [9.17, 15) is 4.79 Å². The minimum absolute atomic E-state index is 0.0502. The molecule has 1 saturated carbocycles. The normalized spacial score (nSPS) is 19.2. The second-order valence-electron chi connectivity index (χ2n) is 8.49. The molecule has 1 unspecified atom stereocenters. The van der Waals surface area contributed by atoms with E-state index in [1.54, 1.807) is 6.07 Å². The molecule has 2 aliphatic rings. The fourth-order valence-corrected chi connectivity index (χ4v) is 4.79. The summed E-state index contributed by atoms with van der Waals surface area (Å²) in [6.45, 7) is 1.81. The van der Waals surface area contributed by atoms with Crippen LogP contribution in [0.4, 0.5) is 0 Å². The van der Waals surface area contributed by atoms with E-state index >= 15 is 0 Å². The Hall–Kier alpha value is -2.86. The molecule has 30 heavy (non-hydrogen) atoms. The van der Waals surface area contributed by atoms with Gasteiger partial charge in [0.2, 0.25) is 0 Å². The summed E-state index contributed by atoms with van der Waals surface area (Å²) >= 11 is 0. The van der Waals surface area contributed by atoms with Gasteiger partial charge in [0.1, 0.15) is 11.6 Å². The second kappa shape index (κ2) is 8.48. The Morgan fingerprint density at radius 1 is 1.13 bits per heavy atom. The molecule has 6 heteroatoms. The largest absolute Gasteiger partial charge is 0.493 e. The van der Waals surface area contributed by atoms with Gasteiger partial charge in [-0.1, -0.05) is 25.0 Å². The second-order valence-corrected chi connectivity index (χ2v) is 8.49. The molecule has 0 saturated heterocycles. The summed E-state index contributed by atoms with van der Waals surface area (Å²) in [7, 11) is 0. The third kappa shape index (κ3) is 3.92. The molecule has 1 aliphatic heterocycles. The Kier molecular flexibility index (Phi) is 5.77. The van der Waals surface area contributed by atoms with Crippen molar-refractivity contribution in [2.24, 2.45) is 11.5 Å². The number of hydrogen-bond donors (Lipinski definition) is 4. The van der Waals surface area contributed by atoms with Crippen LogP contribution in [0, 0.1) is 5.41 Å². The lowest BCUT2D eigenvalue weighted by Gasteiger charge is -2.28. The average molecular weight is 407 g/mol. The number of rotatable bonds is 7. The van der Waals surface area contributed by atoms with Crippen LogP contribution in [0.1, 0.15) is 65.1 Å². The van der Waals surface area contributed by atoms with E-state index in [1.807, 2.05) is 24.3 Å². The molecule has 1 atom stereocenters. The molecular formula is C24H30N4O2. The lowest BCUT2D eigenvalue weighted by molar-refractivity contribution is 0.0952. The zero-order valence-electron chi connectivity index (χ0n) is 17.2. The van der Waals surface area contributed by atoms with Crippen molar-refractivity contribution in [3.05, 3.63) is 64.7 Å². The van der Waals surface area contributed by atoms with Crippen molar-refractivity contribution in [3.63, 3.8) is 0 Å². The third-order valence-corrected chi connectivity index (χ3v) is 6.69. The molecule has 0 bridgehead atoms. The molecule has 6 nitrogen and oxygen atoms in total. The topological polar surface area (TPSA) is 114 Å². The number of carbonyl (C=O) groups is 1. The number of nitrogens with one attached hydrogen (secondary N) is 2. The molecule has 1 amide bonds. The first kappa shape index (κ1) is 20.4. The van der Waals surface area contributed by atoms with E-state index in [1.165, 1.54) is 18.4 Å². The van der Waals surface area contributed by atoms with Crippen molar-refractivity contribution < 1.29 is 9.53 Å². The van der Waals surface area contributed by atoms with Crippen LogP contribution in [0.2, 0.25) is 0 Å². The molecule has 0 radical (unpaired) electrons. The summed E-state index contributed by atoms with van der Waals surface area (Å²) in [5, 5.41) is 10.6. The molecule has 0 spiro atoms. The smallest absolute Gasteiger partial charge is 0.251 e. The molecule has 2 aromatic rings. The number of nitrogen functional groups attached to an aromatic ring is 1. The van der Waals surface area contributed by atoms with Gasteiger partial charge in [-0.2, -0.15) is 0 Å². The highest BCUT2D eigenvalue weighted by Gasteiger charge is 2.34. The maximum absolute atomic E-state index is 12.6. The summed E-state index contributed by atoms with van der Waals surface area (Å²) in [5.74, 6) is 1.02. The monoisotopic (exact) mass is 406 g/mol. The van der Waals surface area contributed by atoms with Crippen LogP contribution in [0.5, 0.6) is 5.75 Å². The summed E-state index contributed by atoms with van der Waals surface area (Å²) < 4.78 is 5.74. The molecule has 2 aromatic carbocycles. The maximum atomic E-state index is 12.6. The van der Waals surface area contributed by atoms with Gasteiger partial charge in [0.05, 0.1) is 6.61 Å². The van der Waals surface area contributed by atoms with E-state index in [2.05, 4.69) is 17.4 Å². The van der Waals surface area contributed by atoms with Crippen molar-refractivity contribution >= 4 is 11.7 Å². The molecule has 0 aromatic heterocycles. The Morgan fingerprint density at radius 3 is 2.50 bits per heavy atom. The van der Waals surface area contributed by atoms with Crippen molar-refractivity contribution in [1.82, 2.24) is 5.32 Å². The number of benzene rings is 2. The number of nitrogens with two attached hydrogens (primary N) is 2. The lowest BCUT2D eigenvalue weighted by Crippen LogP contribution is -2.32. The SMILES string of the molecule is N=C(N)c1ccc2c(c1)C(CCNC(=O)c1ccc(C3(CN)CCCC3)cc1)CO2. The summed E-state index contributed by atoms with van der Waals surface area (Å²) in [6, 6.07) is 13.5. The van der Waals surface area contributed by atoms with Crippen molar-refractivity contribution in [2.75, 3.05) is 19.7 Å². The fourth-order valence-electron chi connectivity index (χ4n) is 4.79. The maximum Gasteiger partial charge on any atom is 0.251 e. The number of hydrogen-bond acceptors (Lipinski definition) is 4. The van der Waals surface area contributed by atoms with Crippen LogP contribution in [-0.2, 0) is 5.41 Å².